The number of nitrogens with one attached hydrogen (secondary N) is 2. The van der Waals surface area contributed by atoms with Crippen molar-refractivity contribution < 1.29 is 9.90 Å². The number of amides is 2. The van der Waals surface area contributed by atoms with Crippen molar-refractivity contribution in [1.82, 2.24) is 15.6 Å². The van der Waals surface area contributed by atoms with Crippen LogP contribution in [-0.2, 0) is 13.0 Å². The molecule has 0 saturated heterocycles. The Kier molecular flexibility index (Phi) is 5.91. The van der Waals surface area contributed by atoms with E-state index in [4.69, 9.17) is 0 Å². The van der Waals surface area contributed by atoms with E-state index in [0.29, 0.717) is 13.0 Å². The zero-order valence-electron chi connectivity index (χ0n) is 12.6. The Balaban J connectivity index is 1.69. The molecule has 0 saturated carbocycles. The summed E-state index contributed by atoms with van der Waals surface area (Å²) in [5.41, 5.74) is 2.76. The number of aromatic nitrogens is 1. The summed E-state index contributed by atoms with van der Waals surface area (Å²) in [4.78, 5) is 16.0. The second kappa shape index (κ2) is 8.14. The number of hydrogen-bond acceptors (Lipinski definition) is 3. The van der Waals surface area contributed by atoms with Gasteiger partial charge in [-0.1, -0.05) is 36.4 Å². The molecule has 1 aromatic heterocycles. The van der Waals surface area contributed by atoms with Crippen LogP contribution in [0.3, 0.4) is 0 Å². The van der Waals surface area contributed by atoms with Crippen molar-refractivity contribution in [2.45, 2.75) is 26.0 Å². The fraction of sp³-hybridized carbons (Fsp3) is 0.294. The summed E-state index contributed by atoms with van der Waals surface area (Å²) in [6, 6.07) is 15.0. The summed E-state index contributed by atoms with van der Waals surface area (Å²) in [6.45, 7) is 2.48. The molecule has 1 aromatic carbocycles. The zero-order chi connectivity index (χ0) is 15.8. The summed E-state index contributed by atoms with van der Waals surface area (Å²) in [6.07, 6.45) is -0.0918. The minimum atomic E-state index is -0.606. The maximum Gasteiger partial charge on any atom is 0.315 e. The van der Waals surface area contributed by atoms with E-state index < -0.39 is 6.10 Å². The molecule has 0 spiro atoms. The van der Waals surface area contributed by atoms with Gasteiger partial charge in [0, 0.05) is 18.7 Å². The van der Waals surface area contributed by atoms with Gasteiger partial charge in [0.15, 0.2) is 0 Å². The van der Waals surface area contributed by atoms with Crippen molar-refractivity contribution in [2.24, 2.45) is 0 Å². The average molecular weight is 299 g/mol. The van der Waals surface area contributed by atoms with Crippen LogP contribution in [0.4, 0.5) is 4.79 Å². The van der Waals surface area contributed by atoms with Crippen molar-refractivity contribution in [3.63, 3.8) is 0 Å². The Morgan fingerprint density at radius 1 is 1.14 bits per heavy atom. The predicted molar refractivity (Wildman–Crippen MR) is 85.4 cm³/mol. The van der Waals surface area contributed by atoms with Gasteiger partial charge in [0.2, 0.25) is 0 Å². The molecule has 0 aliphatic heterocycles. The Morgan fingerprint density at radius 2 is 1.91 bits per heavy atom. The Morgan fingerprint density at radius 3 is 2.64 bits per heavy atom. The van der Waals surface area contributed by atoms with Gasteiger partial charge in [-0.05, 0) is 24.6 Å². The first-order valence-electron chi connectivity index (χ1n) is 7.29. The summed E-state index contributed by atoms with van der Waals surface area (Å²) in [5.74, 6) is 0. The topological polar surface area (TPSA) is 74.2 Å². The van der Waals surface area contributed by atoms with Gasteiger partial charge in [-0.3, -0.25) is 4.98 Å². The number of benzene rings is 1. The second-order valence-electron chi connectivity index (χ2n) is 5.18. The molecule has 2 amide bonds. The molecule has 1 heterocycles. The van der Waals surface area contributed by atoms with E-state index >= 15 is 0 Å². The van der Waals surface area contributed by atoms with Crippen LogP contribution in [0, 0.1) is 6.92 Å². The van der Waals surface area contributed by atoms with Crippen molar-refractivity contribution >= 4 is 6.03 Å². The molecule has 1 atom stereocenters. The van der Waals surface area contributed by atoms with Gasteiger partial charge in [-0.2, -0.15) is 0 Å². The molecule has 2 aromatic rings. The van der Waals surface area contributed by atoms with Crippen molar-refractivity contribution in [3.05, 3.63) is 65.5 Å². The first-order chi connectivity index (χ1) is 10.6. The monoisotopic (exact) mass is 299 g/mol. The third-order valence-corrected chi connectivity index (χ3v) is 3.19. The number of aryl methyl sites for hydroxylation is 1. The molecule has 5 heteroatoms. The SMILES string of the molecule is Cc1cccc(CNC(=O)NCC(O)Cc2ccccc2)n1. The molecule has 116 valence electrons. The molecule has 2 rings (SSSR count). The van der Waals surface area contributed by atoms with Crippen LogP contribution in [0.5, 0.6) is 0 Å². The van der Waals surface area contributed by atoms with Crippen LogP contribution in [-0.4, -0.2) is 28.8 Å². The molecule has 0 aliphatic carbocycles. The van der Waals surface area contributed by atoms with E-state index in [0.717, 1.165) is 17.0 Å². The molecular weight excluding hydrogens is 278 g/mol. The quantitative estimate of drug-likeness (QED) is 0.761. The lowest BCUT2D eigenvalue weighted by atomic mass is 10.1. The number of aliphatic hydroxyl groups excluding tert-OH is 1. The molecule has 1 unspecified atom stereocenters. The van der Waals surface area contributed by atoms with Crippen LogP contribution in [0.1, 0.15) is 17.0 Å². The van der Waals surface area contributed by atoms with Crippen molar-refractivity contribution in [3.8, 4) is 0 Å². The zero-order valence-corrected chi connectivity index (χ0v) is 12.6. The smallest absolute Gasteiger partial charge is 0.315 e. The molecule has 3 N–H and O–H groups in total. The number of hydrogen-bond donors (Lipinski definition) is 3. The van der Waals surface area contributed by atoms with Crippen molar-refractivity contribution in [1.29, 1.82) is 0 Å². The average Bonchev–Trinajstić information content (AvgIpc) is 2.52. The van der Waals surface area contributed by atoms with Gasteiger partial charge >= 0.3 is 6.03 Å². The minimum Gasteiger partial charge on any atom is -0.391 e. The van der Waals surface area contributed by atoms with Gasteiger partial charge in [-0.15, -0.1) is 0 Å². The highest BCUT2D eigenvalue weighted by Crippen LogP contribution is 2.02. The number of pyridine rings is 1. The lowest BCUT2D eigenvalue weighted by molar-refractivity contribution is 0.170. The first-order valence-corrected chi connectivity index (χ1v) is 7.29. The van der Waals surface area contributed by atoms with E-state index in [1.54, 1.807) is 0 Å². The maximum atomic E-state index is 11.7. The second-order valence-corrected chi connectivity index (χ2v) is 5.18. The first kappa shape index (κ1) is 16.0. The van der Waals surface area contributed by atoms with Gasteiger partial charge < -0.3 is 15.7 Å². The number of aliphatic hydroxyl groups is 1. The summed E-state index contributed by atoms with van der Waals surface area (Å²) >= 11 is 0. The third-order valence-electron chi connectivity index (χ3n) is 3.19. The number of nitrogens with zero attached hydrogens (tertiary/aromatic N) is 1. The molecule has 0 bridgehead atoms. The molecule has 0 aliphatic rings. The highest BCUT2D eigenvalue weighted by Gasteiger charge is 2.08. The van der Waals surface area contributed by atoms with Crippen LogP contribution in [0.15, 0.2) is 48.5 Å². The molecule has 0 radical (unpaired) electrons. The van der Waals surface area contributed by atoms with E-state index in [1.165, 1.54) is 0 Å². The minimum absolute atomic E-state index is 0.210. The summed E-state index contributed by atoms with van der Waals surface area (Å²) < 4.78 is 0. The van der Waals surface area contributed by atoms with Crippen molar-refractivity contribution in [2.75, 3.05) is 6.54 Å². The van der Waals surface area contributed by atoms with E-state index in [9.17, 15) is 9.90 Å². The highest BCUT2D eigenvalue weighted by molar-refractivity contribution is 5.73. The fourth-order valence-electron chi connectivity index (χ4n) is 2.10. The van der Waals surface area contributed by atoms with Gasteiger partial charge in [0.25, 0.3) is 0 Å². The van der Waals surface area contributed by atoms with Crippen LogP contribution in [0.2, 0.25) is 0 Å². The van der Waals surface area contributed by atoms with Crippen LogP contribution >= 0.6 is 0 Å². The van der Waals surface area contributed by atoms with Gasteiger partial charge in [0.05, 0.1) is 18.3 Å². The van der Waals surface area contributed by atoms with Gasteiger partial charge in [-0.25, -0.2) is 4.79 Å². The molecule has 5 nitrogen and oxygen atoms in total. The summed E-state index contributed by atoms with van der Waals surface area (Å²) in [7, 11) is 0. The maximum absolute atomic E-state index is 11.7. The Labute approximate surface area is 130 Å². The van der Waals surface area contributed by atoms with E-state index in [1.807, 2.05) is 55.5 Å². The van der Waals surface area contributed by atoms with E-state index in [-0.39, 0.29) is 12.6 Å². The number of carbonyl (C=O) groups is 1. The standard InChI is InChI=1S/C17H21N3O2/c1-13-6-5-9-15(20-13)11-18-17(22)19-12-16(21)10-14-7-3-2-4-8-14/h2-9,16,21H,10-12H2,1H3,(H2,18,19,22). The van der Waals surface area contributed by atoms with Crippen LogP contribution < -0.4 is 10.6 Å². The van der Waals surface area contributed by atoms with Crippen LogP contribution in [0.25, 0.3) is 0 Å². The molecule has 22 heavy (non-hydrogen) atoms. The largest absolute Gasteiger partial charge is 0.391 e. The van der Waals surface area contributed by atoms with Gasteiger partial charge in [0.1, 0.15) is 0 Å². The summed E-state index contributed by atoms with van der Waals surface area (Å²) in [5, 5.41) is 15.3. The predicted octanol–water partition coefficient (Wildman–Crippen LogP) is 1.79. The fourth-order valence-corrected chi connectivity index (χ4v) is 2.10. The molecule has 0 fully saturated rings. The number of rotatable bonds is 6. The normalized spacial score (nSPS) is 11.7. The molecular formula is C17H21N3O2. The number of urea groups is 1. The lowest BCUT2D eigenvalue weighted by Crippen LogP contribution is -2.40. The Bertz CT molecular complexity index is 602. The highest BCUT2D eigenvalue weighted by atomic mass is 16.3. The number of carbonyl (C=O) groups excluding carboxylic acids is 1. The lowest BCUT2D eigenvalue weighted by Gasteiger charge is -2.12. The third kappa shape index (κ3) is 5.54. The van der Waals surface area contributed by atoms with E-state index in [2.05, 4.69) is 15.6 Å². The Hall–Kier alpha value is -2.40.